The van der Waals surface area contributed by atoms with Gasteiger partial charge in [-0.1, -0.05) is 0 Å². The van der Waals surface area contributed by atoms with Crippen LogP contribution in [0.3, 0.4) is 0 Å². The maximum absolute atomic E-state index is 13.3. The molecule has 0 atom stereocenters. The highest BCUT2D eigenvalue weighted by molar-refractivity contribution is 5.94. The van der Waals surface area contributed by atoms with E-state index in [1.54, 1.807) is 6.92 Å². The summed E-state index contributed by atoms with van der Waals surface area (Å²) in [5.41, 5.74) is -2.41. The van der Waals surface area contributed by atoms with Crippen molar-refractivity contribution in [2.24, 2.45) is 0 Å². The van der Waals surface area contributed by atoms with Crippen molar-refractivity contribution in [3.8, 4) is 0 Å². The third-order valence-electron chi connectivity index (χ3n) is 2.51. The number of hydrogen-bond acceptors (Lipinski definition) is 6. The quantitative estimate of drug-likeness (QED) is 0.484. The minimum Gasteiger partial charge on any atom is -0.462 e. The van der Waals surface area contributed by atoms with Crippen LogP contribution in [-0.2, 0) is 4.74 Å². The van der Waals surface area contributed by atoms with Gasteiger partial charge in [-0.05, 0) is 13.0 Å². The maximum Gasteiger partial charge on any atom is 0.345 e. The van der Waals surface area contributed by atoms with Gasteiger partial charge in [-0.2, -0.15) is 0 Å². The number of esters is 1. The first kappa shape index (κ1) is 13.7. The zero-order valence-corrected chi connectivity index (χ0v) is 10.2. The molecule has 0 bridgehead atoms. The Hall–Kier alpha value is -2.77. The van der Waals surface area contributed by atoms with Crippen molar-refractivity contribution in [1.29, 1.82) is 0 Å². The number of fused-ring (bicyclic) bond motifs is 1. The van der Waals surface area contributed by atoms with Crippen LogP contribution < -0.4 is 5.43 Å². The first-order chi connectivity index (χ1) is 9.45. The van der Waals surface area contributed by atoms with E-state index < -0.39 is 39.0 Å². The molecule has 0 spiro atoms. The summed E-state index contributed by atoms with van der Waals surface area (Å²) in [6, 6.07) is 1.41. The summed E-state index contributed by atoms with van der Waals surface area (Å²) in [6.07, 6.45) is 0.771. The monoisotopic (exact) mass is 281 g/mol. The molecule has 0 radical (unpaired) electrons. The fourth-order valence-electron chi connectivity index (χ4n) is 1.67. The molecule has 8 heteroatoms. The Bertz CT molecular complexity index is 766. The van der Waals surface area contributed by atoms with E-state index >= 15 is 0 Å². The van der Waals surface area contributed by atoms with E-state index in [0.29, 0.717) is 6.07 Å². The van der Waals surface area contributed by atoms with Crippen LogP contribution in [0, 0.1) is 15.9 Å². The summed E-state index contributed by atoms with van der Waals surface area (Å²) in [5, 5.41) is 10.4. The lowest BCUT2D eigenvalue weighted by Crippen LogP contribution is -2.17. The smallest absolute Gasteiger partial charge is 0.345 e. The zero-order chi connectivity index (χ0) is 14.9. The van der Waals surface area contributed by atoms with Crippen LogP contribution in [-0.4, -0.2) is 17.5 Å². The van der Waals surface area contributed by atoms with Crippen molar-refractivity contribution in [2.45, 2.75) is 6.92 Å². The number of carbonyl (C=O) groups excluding carboxylic acids is 1. The van der Waals surface area contributed by atoms with Crippen LogP contribution >= 0.6 is 0 Å². The van der Waals surface area contributed by atoms with E-state index in [1.807, 2.05) is 0 Å². The Kier molecular flexibility index (Phi) is 3.47. The van der Waals surface area contributed by atoms with Gasteiger partial charge in [0.1, 0.15) is 17.6 Å². The van der Waals surface area contributed by atoms with E-state index in [9.17, 15) is 24.1 Å². The molecule has 1 heterocycles. The lowest BCUT2D eigenvalue weighted by molar-refractivity contribution is -0.383. The van der Waals surface area contributed by atoms with E-state index in [2.05, 4.69) is 4.74 Å². The standard InChI is InChI=1S/C12H8FNO6/c1-2-19-12(16)8-5-20-11-7(10(8)15)3-6(13)4-9(11)14(17)18/h3-5H,2H2,1H3. The molecule has 0 aliphatic rings. The molecule has 2 rings (SSSR count). The van der Waals surface area contributed by atoms with Crippen molar-refractivity contribution in [3.05, 3.63) is 50.1 Å². The molecule has 0 amide bonds. The first-order valence-corrected chi connectivity index (χ1v) is 5.52. The van der Waals surface area contributed by atoms with Crippen molar-refractivity contribution in [2.75, 3.05) is 6.61 Å². The highest BCUT2D eigenvalue weighted by Crippen LogP contribution is 2.25. The summed E-state index contributed by atoms with van der Waals surface area (Å²) < 4.78 is 22.9. The maximum atomic E-state index is 13.3. The number of nitro benzene ring substituents is 1. The Labute approximate surface area is 110 Å². The summed E-state index contributed by atoms with van der Waals surface area (Å²) in [5.74, 6) is -1.91. The van der Waals surface area contributed by atoms with Gasteiger partial charge in [0.2, 0.25) is 11.0 Å². The van der Waals surface area contributed by atoms with E-state index in [0.717, 1.165) is 12.3 Å². The van der Waals surface area contributed by atoms with Crippen molar-refractivity contribution < 1.29 is 23.3 Å². The fourth-order valence-corrected chi connectivity index (χ4v) is 1.67. The number of halogens is 1. The molecule has 7 nitrogen and oxygen atoms in total. The molecular weight excluding hydrogens is 273 g/mol. The van der Waals surface area contributed by atoms with Crippen molar-refractivity contribution >= 4 is 22.6 Å². The van der Waals surface area contributed by atoms with Gasteiger partial charge in [0, 0.05) is 0 Å². The number of nitro groups is 1. The highest BCUT2D eigenvalue weighted by Gasteiger charge is 2.22. The van der Waals surface area contributed by atoms with Crippen molar-refractivity contribution in [3.63, 3.8) is 0 Å². The second-order valence-electron chi connectivity index (χ2n) is 3.76. The van der Waals surface area contributed by atoms with Gasteiger partial charge >= 0.3 is 11.7 Å². The molecule has 0 aliphatic heterocycles. The molecule has 2 aromatic rings. The molecule has 0 N–H and O–H groups in total. The predicted octanol–water partition coefficient (Wildman–Crippen LogP) is 2.02. The predicted molar refractivity (Wildman–Crippen MR) is 65.1 cm³/mol. The normalized spacial score (nSPS) is 10.5. The molecule has 0 aliphatic carbocycles. The number of nitrogens with zero attached hydrogens (tertiary/aromatic N) is 1. The Balaban J connectivity index is 2.77. The Morgan fingerprint density at radius 1 is 1.50 bits per heavy atom. The fraction of sp³-hybridized carbons (Fsp3) is 0.167. The molecule has 1 aromatic heterocycles. The molecule has 0 saturated carbocycles. The number of carbonyl (C=O) groups is 1. The largest absolute Gasteiger partial charge is 0.462 e. The zero-order valence-electron chi connectivity index (χ0n) is 10.2. The van der Waals surface area contributed by atoms with Gasteiger partial charge in [-0.25, -0.2) is 9.18 Å². The van der Waals surface area contributed by atoms with Crippen molar-refractivity contribution in [1.82, 2.24) is 0 Å². The van der Waals surface area contributed by atoms with Gasteiger partial charge in [0.15, 0.2) is 0 Å². The number of ether oxygens (including phenoxy) is 1. The highest BCUT2D eigenvalue weighted by atomic mass is 19.1. The van der Waals surface area contributed by atoms with Crippen LogP contribution in [0.1, 0.15) is 17.3 Å². The minimum atomic E-state index is -0.975. The Morgan fingerprint density at radius 3 is 2.80 bits per heavy atom. The average molecular weight is 281 g/mol. The topological polar surface area (TPSA) is 99.7 Å². The van der Waals surface area contributed by atoms with Crippen LogP contribution in [0.2, 0.25) is 0 Å². The Morgan fingerprint density at radius 2 is 2.20 bits per heavy atom. The molecule has 0 unspecified atom stereocenters. The van der Waals surface area contributed by atoms with Gasteiger partial charge in [0.05, 0.1) is 23.0 Å². The SMILES string of the molecule is CCOC(=O)c1coc2c([N+](=O)[O-])cc(F)cc2c1=O. The third-order valence-corrected chi connectivity index (χ3v) is 2.51. The number of benzene rings is 1. The first-order valence-electron chi connectivity index (χ1n) is 5.52. The molecular formula is C12H8FNO6. The number of rotatable bonds is 3. The van der Waals surface area contributed by atoms with Gasteiger partial charge in [0.25, 0.3) is 0 Å². The minimum absolute atomic E-state index is 0.0413. The van der Waals surface area contributed by atoms with Gasteiger partial charge in [-0.15, -0.1) is 0 Å². The molecule has 1 aromatic carbocycles. The van der Waals surface area contributed by atoms with Crippen LogP contribution in [0.25, 0.3) is 11.0 Å². The van der Waals surface area contributed by atoms with Gasteiger partial charge < -0.3 is 9.15 Å². The number of non-ortho nitro benzene ring substituents is 1. The number of hydrogen-bond donors (Lipinski definition) is 0. The molecule has 20 heavy (non-hydrogen) atoms. The summed E-state index contributed by atoms with van der Waals surface area (Å²) in [6.45, 7) is 1.59. The second kappa shape index (κ2) is 5.08. The molecule has 0 fully saturated rings. The summed E-state index contributed by atoms with van der Waals surface area (Å²) in [4.78, 5) is 33.4. The molecule has 104 valence electrons. The molecule has 0 saturated heterocycles. The average Bonchev–Trinajstić information content (AvgIpc) is 2.39. The lowest BCUT2D eigenvalue weighted by atomic mass is 10.1. The summed E-state index contributed by atoms with van der Waals surface area (Å²) >= 11 is 0. The third kappa shape index (κ3) is 2.22. The lowest BCUT2D eigenvalue weighted by Gasteiger charge is -2.03. The van der Waals surface area contributed by atoms with E-state index in [-0.39, 0.29) is 12.0 Å². The van der Waals surface area contributed by atoms with Crippen LogP contribution in [0.15, 0.2) is 27.6 Å². The second-order valence-corrected chi connectivity index (χ2v) is 3.76. The summed E-state index contributed by atoms with van der Waals surface area (Å²) in [7, 11) is 0. The van der Waals surface area contributed by atoms with Crippen LogP contribution in [0.5, 0.6) is 0 Å². The van der Waals surface area contributed by atoms with E-state index in [4.69, 9.17) is 4.42 Å². The van der Waals surface area contributed by atoms with Gasteiger partial charge in [-0.3, -0.25) is 14.9 Å². The van der Waals surface area contributed by atoms with E-state index in [1.165, 1.54) is 0 Å². The van der Waals surface area contributed by atoms with Crippen LogP contribution in [0.4, 0.5) is 10.1 Å².